The van der Waals surface area contributed by atoms with Crippen LogP contribution in [0, 0.1) is 0 Å². The minimum atomic E-state index is 0.0924. The Balaban J connectivity index is 1.48. The summed E-state index contributed by atoms with van der Waals surface area (Å²) >= 11 is 0. The van der Waals surface area contributed by atoms with Gasteiger partial charge in [-0.05, 0) is 50.6 Å². The summed E-state index contributed by atoms with van der Waals surface area (Å²) in [6.07, 6.45) is 6.36. The number of likely N-dealkylation sites (tertiary alicyclic amines) is 1. The molecule has 2 fully saturated rings. The van der Waals surface area contributed by atoms with Gasteiger partial charge in [0.15, 0.2) is 0 Å². The van der Waals surface area contributed by atoms with Crippen molar-refractivity contribution in [3.8, 4) is 0 Å². The highest BCUT2D eigenvalue weighted by Crippen LogP contribution is 2.26. The zero-order valence-electron chi connectivity index (χ0n) is 14.8. The third kappa shape index (κ3) is 4.37. The van der Waals surface area contributed by atoms with E-state index in [-0.39, 0.29) is 6.04 Å². The fourth-order valence-electron chi connectivity index (χ4n) is 4.04. The Morgan fingerprint density at radius 3 is 2.71 bits per heavy atom. The maximum atomic E-state index is 12.9. The summed E-state index contributed by atoms with van der Waals surface area (Å²) in [6.45, 7) is 3.59. The quantitative estimate of drug-likeness (QED) is 0.804. The highest BCUT2D eigenvalue weighted by atomic mass is 16.5. The van der Waals surface area contributed by atoms with E-state index >= 15 is 0 Å². The van der Waals surface area contributed by atoms with Crippen LogP contribution >= 0.6 is 0 Å². The maximum Gasteiger partial charge on any atom is 0.239 e. The van der Waals surface area contributed by atoms with Crippen LogP contribution in [0.2, 0.25) is 0 Å². The Labute approximate surface area is 145 Å². The van der Waals surface area contributed by atoms with Gasteiger partial charge in [-0.25, -0.2) is 0 Å². The summed E-state index contributed by atoms with van der Waals surface area (Å²) in [6, 6.07) is 11.1. The van der Waals surface area contributed by atoms with Crippen LogP contribution in [0.15, 0.2) is 30.3 Å². The number of benzene rings is 1. The molecule has 1 aromatic rings. The number of nitrogens with zero attached hydrogens (tertiary/aromatic N) is 2. The molecule has 132 valence electrons. The van der Waals surface area contributed by atoms with Gasteiger partial charge in [0.05, 0.1) is 6.04 Å². The number of amides is 1. The van der Waals surface area contributed by atoms with E-state index in [4.69, 9.17) is 4.74 Å². The molecule has 1 amide bonds. The first-order valence-electron chi connectivity index (χ1n) is 9.38. The molecule has 0 radical (unpaired) electrons. The molecule has 0 aliphatic carbocycles. The lowest BCUT2D eigenvalue weighted by molar-refractivity contribution is -0.136. The molecule has 2 aliphatic heterocycles. The Morgan fingerprint density at radius 2 is 1.96 bits per heavy atom. The van der Waals surface area contributed by atoms with Crippen molar-refractivity contribution in [3.63, 3.8) is 0 Å². The van der Waals surface area contributed by atoms with E-state index in [1.54, 1.807) is 0 Å². The monoisotopic (exact) mass is 330 g/mol. The molecule has 0 N–H and O–H groups in total. The molecular weight excluding hydrogens is 300 g/mol. The van der Waals surface area contributed by atoms with Crippen molar-refractivity contribution in [1.29, 1.82) is 0 Å². The summed E-state index contributed by atoms with van der Waals surface area (Å²) in [7, 11) is 1.97. The van der Waals surface area contributed by atoms with E-state index in [2.05, 4.69) is 29.2 Å². The second-order valence-electron chi connectivity index (χ2n) is 7.09. The molecule has 0 aromatic heterocycles. The lowest BCUT2D eigenvalue weighted by atomic mass is 10.1. The SMILES string of the molecule is CN(CCCc1ccccc1)C(=O)[C@@H]1CCCN1C1CCOCC1. The molecule has 1 atom stereocenters. The first-order chi connectivity index (χ1) is 11.8. The third-order valence-corrected chi connectivity index (χ3v) is 5.42. The van der Waals surface area contributed by atoms with Crippen LogP contribution in [-0.2, 0) is 16.0 Å². The van der Waals surface area contributed by atoms with E-state index < -0.39 is 0 Å². The van der Waals surface area contributed by atoms with Crippen LogP contribution in [0.4, 0.5) is 0 Å². The van der Waals surface area contributed by atoms with Crippen LogP contribution in [0.5, 0.6) is 0 Å². The Kier molecular flexibility index (Phi) is 6.27. The first-order valence-corrected chi connectivity index (χ1v) is 9.38. The van der Waals surface area contributed by atoms with Gasteiger partial charge in [-0.2, -0.15) is 0 Å². The fraction of sp³-hybridized carbons (Fsp3) is 0.650. The van der Waals surface area contributed by atoms with Gasteiger partial charge >= 0.3 is 0 Å². The van der Waals surface area contributed by atoms with Crippen molar-refractivity contribution >= 4 is 5.91 Å². The average molecular weight is 330 g/mol. The van der Waals surface area contributed by atoms with Gasteiger partial charge < -0.3 is 9.64 Å². The summed E-state index contributed by atoms with van der Waals surface area (Å²) in [4.78, 5) is 17.3. The van der Waals surface area contributed by atoms with E-state index in [1.165, 1.54) is 5.56 Å². The van der Waals surface area contributed by atoms with Crippen LogP contribution in [-0.4, -0.2) is 61.1 Å². The minimum absolute atomic E-state index is 0.0924. The van der Waals surface area contributed by atoms with E-state index in [9.17, 15) is 4.79 Å². The van der Waals surface area contributed by atoms with Gasteiger partial charge in [0, 0.05) is 32.8 Å². The van der Waals surface area contributed by atoms with E-state index in [0.29, 0.717) is 11.9 Å². The second-order valence-corrected chi connectivity index (χ2v) is 7.09. The van der Waals surface area contributed by atoms with Gasteiger partial charge in [0.2, 0.25) is 5.91 Å². The predicted molar refractivity (Wildman–Crippen MR) is 96.0 cm³/mol. The number of hydrogen-bond donors (Lipinski definition) is 0. The van der Waals surface area contributed by atoms with Crippen molar-refractivity contribution in [3.05, 3.63) is 35.9 Å². The average Bonchev–Trinajstić information content (AvgIpc) is 3.12. The van der Waals surface area contributed by atoms with Gasteiger partial charge in [0.25, 0.3) is 0 Å². The van der Waals surface area contributed by atoms with Crippen molar-refractivity contribution in [1.82, 2.24) is 9.80 Å². The number of ether oxygens (including phenoxy) is 1. The molecule has 24 heavy (non-hydrogen) atoms. The molecule has 0 unspecified atom stereocenters. The zero-order valence-corrected chi connectivity index (χ0v) is 14.8. The summed E-state index contributed by atoms with van der Waals surface area (Å²) < 4.78 is 5.48. The predicted octanol–water partition coefficient (Wildman–Crippen LogP) is 2.72. The van der Waals surface area contributed by atoms with Crippen LogP contribution in [0.25, 0.3) is 0 Å². The molecule has 0 spiro atoms. The number of carbonyl (C=O) groups excluding carboxylic acids is 1. The number of likely N-dealkylation sites (N-methyl/N-ethyl adjacent to an activating group) is 1. The number of hydrogen-bond acceptors (Lipinski definition) is 3. The Morgan fingerprint density at radius 1 is 1.21 bits per heavy atom. The van der Waals surface area contributed by atoms with Gasteiger partial charge in [0.1, 0.15) is 0 Å². The number of carbonyl (C=O) groups is 1. The van der Waals surface area contributed by atoms with Crippen LogP contribution in [0.1, 0.15) is 37.7 Å². The molecule has 0 saturated carbocycles. The Bertz CT molecular complexity index is 514. The molecule has 2 heterocycles. The molecule has 3 rings (SSSR count). The van der Waals surface area contributed by atoms with Crippen molar-refractivity contribution < 1.29 is 9.53 Å². The van der Waals surface area contributed by atoms with Crippen LogP contribution < -0.4 is 0 Å². The van der Waals surface area contributed by atoms with Gasteiger partial charge in [-0.3, -0.25) is 9.69 Å². The van der Waals surface area contributed by atoms with Gasteiger partial charge in [-0.15, -0.1) is 0 Å². The molecular formula is C20H30N2O2. The number of rotatable bonds is 6. The lowest BCUT2D eigenvalue weighted by Gasteiger charge is -2.36. The van der Waals surface area contributed by atoms with Gasteiger partial charge in [-0.1, -0.05) is 30.3 Å². The molecule has 1 aromatic carbocycles. The van der Waals surface area contributed by atoms with Crippen LogP contribution in [0.3, 0.4) is 0 Å². The Hall–Kier alpha value is -1.39. The fourth-order valence-corrected chi connectivity index (χ4v) is 4.04. The standard InChI is InChI=1S/C20H30N2O2/c1-21(13-5-9-17-7-3-2-4-8-17)20(23)19-10-6-14-22(19)18-11-15-24-16-12-18/h2-4,7-8,18-19H,5-6,9-16H2,1H3/t19-/m0/s1. The van der Waals surface area contributed by atoms with Crippen molar-refractivity contribution in [2.45, 2.75) is 50.6 Å². The summed E-state index contributed by atoms with van der Waals surface area (Å²) in [5.74, 6) is 0.312. The van der Waals surface area contributed by atoms with Crippen molar-refractivity contribution in [2.75, 3.05) is 33.4 Å². The largest absolute Gasteiger partial charge is 0.381 e. The molecule has 2 saturated heterocycles. The highest BCUT2D eigenvalue weighted by Gasteiger charge is 2.37. The van der Waals surface area contributed by atoms with E-state index in [1.807, 2.05) is 18.0 Å². The number of aryl methyl sites for hydroxylation is 1. The highest BCUT2D eigenvalue weighted by molar-refractivity contribution is 5.82. The summed E-state index contributed by atoms with van der Waals surface area (Å²) in [5, 5.41) is 0. The van der Waals surface area contributed by atoms with Crippen molar-refractivity contribution in [2.24, 2.45) is 0 Å². The topological polar surface area (TPSA) is 32.8 Å². The lowest BCUT2D eigenvalue weighted by Crippen LogP contribution is -2.49. The molecule has 4 heteroatoms. The second kappa shape index (κ2) is 8.63. The zero-order chi connectivity index (χ0) is 16.8. The smallest absolute Gasteiger partial charge is 0.239 e. The third-order valence-electron chi connectivity index (χ3n) is 5.42. The molecule has 2 aliphatic rings. The first kappa shape index (κ1) is 17.4. The molecule has 4 nitrogen and oxygen atoms in total. The minimum Gasteiger partial charge on any atom is -0.381 e. The van der Waals surface area contributed by atoms with E-state index in [0.717, 1.165) is 64.8 Å². The summed E-state index contributed by atoms with van der Waals surface area (Å²) in [5.41, 5.74) is 1.35. The maximum absolute atomic E-state index is 12.9. The normalized spacial score (nSPS) is 22.6. The molecule has 0 bridgehead atoms.